The first-order valence-corrected chi connectivity index (χ1v) is 10.4. The fourth-order valence-electron chi connectivity index (χ4n) is 2.98. The number of carbonyl (C=O) groups excluding carboxylic acids is 1. The van der Waals surface area contributed by atoms with Gasteiger partial charge in [-0.15, -0.1) is 0 Å². The first-order chi connectivity index (χ1) is 12.9. The number of nitrogens with zero attached hydrogens (tertiary/aromatic N) is 1. The van der Waals surface area contributed by atoms with E-state index in [1.165, 1.54) is 0 Å². The number of hydrogen-bond acceptors (Lipinski definition) is 4. The summed E-state index contributed by atoms with van der Waals surface area (Å²) < 4.78 is 33.1. The molecule has 1 heterocycles. The van der Waals surface area contributed by atoms with Crippen LogP contribution in [0.3, 0.4) is 0 Å². The Labute approximate surface area is 160 Å². The van der Waals surface area contributed by atoms with Gasteiger partial charge in [0.1, 0.15) is 6.61 Å². The lowest BCUT2D eigenvalue weighted by Crippen LogP contribution is -2.50. The standard InChI is InChI=1S/C20H24N2O4S/c1-3-16-7-9-19(10-8-16)27(24,25)21-12-18-13-22(20(23)14-26-18)17-6-4-5-15(2)11-17/h4-11,18,21H,3,12-14H2,1-2H3. The third-order valence-electron chi connectivity index (χ3n) is 4.59. The zero-order chi connectivity index (χ0) is 19.4. The van der Waals surface area contributed by atoms with Gasteiger partial charge in [-0.25, -0.2) is 13.1 Å². The van der Waals surface area contributed by atoms with Crippen LogP contribution < -0.4 is 9.62 Å². The Kier molecular flexibility index (Phi) is 5.94. The van der Waals surface area contributed by atoms with Crippen molar-refractivity contribution in [2.75, 3.05) is 24.6 Å². The van der Waals surface area contributed by atoms with E-state index in [9.17, 15) is 13.2 Å². The van der Waals surface area contributed by atoms with Gasteiger partial charge in [0.2, 0.25) is 10.0 Å². The van der Waals surface area contributed by atoms with Gasteiger partial charge in [-0.3, -0.25) is 4.79 Å². The van der Waals surface area contributed by atoms with E-state index in [1.54, 1.807) is 17.0 Å². The third kappa shape index (κ3) is 4.74. The van der Waals surface area contributed by atoms with Crippen LogP contribution in [0.1, 0.15) is 18.1 Å². The van der Waals surface area contributed by atoms with Crippen LogP contribution in [-0.4, -0.2) is 40.1 Å². The highest BCUT2D eigenvalue weighted by molar-refractivity contribution is 7.89. The quantitative estimate of drug-likeness (QED) is 0.824. The van der Waals surface area contributed by atoms with Crippen molar-refractivity contribution in [3.63, 3.8) is 0 Å². The molecule has 7 heteroatoms. The van der Waals surface area contributed by atoms with Crippen LogP contribution in [0.15, 0.2) is 53.4 Å². The van der Waals surface area contributed by atoms with Gasteiger partial charge in [0.15, 0.2) is 0 Å². The number of ether oxygens (including phenoxy) is 1. The molecule has 1 N–H and O–H groups in total. The largest absolute Gasteiger partial charge is 0.365 e. The predicted octanol–water partition coefficient (Wildman–Crippen LogP) is 2.27. The van der Waals surface area contributed by atoms with E-state index in [0.29, 0.717) is 6.54 Å². The number of morpholine rings is 1. The van der Waals surface area contributed by atoms with E-state index in [1.807, 2.05) is 50.2 Å². The van der Waals surface area contributed by atoms with Crippen molar-refractivity contribution in [2.45, 2.75) is 31.3 Å². The maximum Gasteiger partial charge on any atom is 0.253 e. The van der Waals surface area contributed by atoms with Gasteiger partial charge in [0.05, 0.1) is 17.5 Å². The fourth-order valence-corrected chi connectivity index (χ4v) is 4.05. The van der Waals surface area contributed by atoms with E-state index in [4.69, 9.17) is 4.74 Å². The predicted molar refractivity (Wildman–Crippen MR) is 104 cm³/mol. The summed E-state index contributed by atoms with van der Waals surface area (Å²) in [5, 5.41) is 0. The molecule has 1 aliphatic heterocycles. The highest BCUT2D eigenvalue weighted by Crippen LogP contribution is 2.20. The molecule has 0 radical (unpaired) electrons. The minimum absolute atomic E-state index is 0.0640. The van der Waals surface area contributed by atoms with Crippen LogP contribution in [0.2, 0.25) is 0 Å². The van der Waals surface area contributed by atoms with E-state index in [2.05, 4.69) is 4.72 Å². The molecule has 6 nitrogen and oxygen atoms in total. The normalized spacial score (nSPS) is 17.9. The zero-order valence-electron chi connectivity index (χ0n) is 15.5. The van der Waals surface area contributed by atoms with Crippen LogP contribution in [0.5, 0.6) is 0 Å². The molecule has 0 aliphatic carbocycles. The van der Waals surface area contributed by atoms with Crippen molar-refractivity contribution in [1.29, 1.82) is 0 Å². The van der Waals surface area contributed by atoms with Crippen LogP contribution in [0.25, 0.3) is 0 Å². The summed E-state index contributed by atoms with van der Waals surface area (Å²) in [6, 6.07) is 14.5. The average molecular weight is 388 g/mol. The highest BCUT2D eigenvalue weighted by atomic mass is 32.2. The molecule has 1 atom stereocenters. The van der Waals surface area contributed by atoms with Gasteiger partial charge >= 0.3 is 0 Å². The van der Waals surface area contributed by atoms with Crippen LogP contribution in [0.4, 0.5) is 5.69 Å². The Hall–Kier alpha value is -2.22. The molecule has 1 aliphatic rings. The Balaban J connectivity index is 1.65. The Morgan fingerprint density at radius 1 is 1.19 bits per heavy atom. The third-order valence-corrected chi connectivity index (χ3v) is 6.03. The number of hydrogen-bond donors (Lipinski definition) is 1. The second-order valence-electron chi connectivity index (χ2n) is 6.63. The summed E-state index contributed by atoms with van der Waals surface area (Å²) in [6.07, 6.45) is 0.444. The summed E-state index contributed by atoms with van der Waals surface area (Å²) in [7, 11) is -3.62. The topological polar surface area (TPSA) is 75.7 Å². The molecule has 2 aromatic carbocycles. The summed E-state index contributed by atoms with van der Waals surface area (Å²) in [5.74, 6) is -0.130. The number of aryl methyl sites for hydroxylation is 2. The van der Waals surface area contributed by atoms with E-state index in [0.717, 1.165) is 23.2 Å². The molecule has 1 fully saturated rings. The van der Waals surface area contributed by atoms with Gasteiger partial charge in [0, 0.05) is 12.2 Å². The summed E-state index contributed by atoms with van der Waals surface area (Å²) in [4.78, 5) is 14.1. The van der Waals surface area contributed by atoms with Gasteiger partial charge in [-0.1, -0.05) is 31.2 Å². The number of sulfonamides is 1. The Morgan fingerprint density at radius 2 is 1.93 bits per heavy atom. The number of carbonyl (C=O) groups is 1. The Morgan fingerprint density at radius 3 is 2.59 bits per heavy atom. The van der Waals surface area contributed by atoms with Gasteiger partial charge < -0.3 is 9.64 Å². The van der Waals surface area contributed by atoms with Gasteiger partial charge in [-0.05, 0) is 48.7 Å². The molecule has 2 aromatic rings. The number of rotatable bonds is 6. The molecular formula is C20H24N2O4S. The molecule has 1 saturated heterocycles. The first kappa shape index (κ1) is 19.5. The van der Waals surface area contributed by atoms with Crippen molar-refractivity contribution >= 4 is 21.6 Å². The smallest absolute Gasteiger partial charge is 0.253 e. The van der Waals surface area contributed by atoms with Crippen molar-refractivity contribution in [1.82, 2.24) is 4.72 Å². The van der Waals surface area contributed by atoms with E-state index < -0.39 is 16.1 Å². The SMILES string of the molecule is CCc1ccc(S(=O)(=O)NCC2CN(c3cccc(C)c3)C(=O)CO2)cc1. The minimum Gasteiger partial charge on any atom is -0.365 e. The summed E-state index contributed by atoms with van der Waals surface area (Å²) in [6.45, 7) is 4.33. The van der Waals surface area contributed by atoms with E-state index >= 15 is 0 Å². The lowest BCUT2D eigenvalue weighted by atomic mass is 10.2. The lowest BCUT2D eigenvalue weighted by molar-refractivity contribution is -0.129. The number of anilines is 1. The molecular weight excluding hydrogens is 364 g/mol. The van der Waals surface area contributed by atoms with Crippen LogP contribution in [0, 0.1) is 6.92 Å². The Bertz CT molecular complexity index is 910. The van der Waals surface area contributed by atoms with Crippen molar-refractivity contribution < 1.29 is 17.9 Å². The number of nitrogens with one attached hydrogen (secondary N) is 1. The summed E-state index contributed by atoms with van der Waals surface area (Å²) >= 11 is 0. The molecule has 1 unspecified atom stereocenters. The maximum atomic E-state index is 12.5. The molecule has 144 valence electrons. The van der Waals surface area contributed by atoms with Gasteiger partial charge in [-0.2, -0.15) is 0 Å². The summed E-state index contributed by atoms with van der Waals surface area (Å²) in [5.41, 5.74) is 2.93. The first-order valence-electron chi connectivity index (χ1n) is 8.96. The van der Waals surface area contributed by atoms with Crippen LogP contribution in [-0.2, 0) is 26.0 Å². The molecule has 0 spiro atoms. The number of benzene rings is 2. The zero-order valence-corrected chi connectivity index (χ0v) is 16.3. The van der Waals surface area contributed by atoms with Gasteiger partial charge in [0.25, 0.3) is 5.91 Å². The number of amides is 1. The second-order valence-corrected chi connectivity index (χ2v) is 8.39. The van der Waals surface area contributed by atoms with Crippen molar-refractivity contribution in [2.24, 2.45) is 0 Å². The fraction of sp³-hybridized carbons (Fsp3) is 0.350. The molecule has 0 aromatic heterocycles. The van der Waals surface area contributed by atoms with Crippen molar-refractivity contribution in [3.8, 4) is 0 Å². The minimum atomic E-state index is -3.62. The van der Waals surface area contributed by atoms with E-state index in [-0.39, 0.29) is 24.0 Å². The molecule has 0 saturated carbocycles. The molecule has 0 bridgehead atoms. The van der Waals surface area contributed by atoms with Crippen LogP contribution >= 0.6 is 0 Å². The second kappa shape index (κ2) is 8.21. The lowest BCUT2D eigenvalue weighted by Gasteiger charge is -2.33. The molecule has 27 heavy (non-hydrogen) atoms. The monoisotopic (exact) mass is 388 g/mol. The highest BCUT2D eigenvalue weighted by Gasteiger charge is 2.28. The van der Waals surface area contributed by atoms with Crippen molar-refractivity contribution in [3.05, 3.63) is 59.7 Å². The maximum absolute atomic E-state index is 12.5. The average Bonchev–Trinajstić information content (AvgIpc) is 2.67. The molecule has 1 amide bonds. The molecule has 3 rings (SSSR count).